The van der Waals surface area contributed by atoms with Gasteiger partial charge in [0.05, 0.1) is 10.0 Å². The highest BCUT2D eigenvalue weighted by molar-refractivity contribution is 7.99. The number of benzene rings is 1. The molecule has 1 aliphatic rings. The fourth-order valence-corrected chi connectivity index (χ4v) is 5.09. The summed E-state index contributed by atoms with van der Waals surface area (Å²) in [5, 5.41) is 5.24. The average molecular weight is 402 g/mol. The van der Waals surface area contributed by atoms with E-state index in [1.807, 2.05) is 6.07 Å². The average Bonchev–Trinajstić information content (AvgIpc) is 2.52. The molecule has 1 N–H and O–H groups in total. The molecule has 1 atom stereocenters. The van der Waals surface area contributed by atoms with E-state index in [2.05, 4.69) is 50.0 Å². The van der Waals surface area contributed by atoms with E-state index >= 15 is 0 Å². The number of hydrogen-bond acceptors (Lipinski definition) is 2. The van der Waals surface area contributed by atoms with Gasteiger partial charge in [-0.3, -0.25) is 0 Å². The van der Waals surface area contributed by atoms with Crippen LogP contribution in [0.1, 0.15) is 64.9 Å². The fourth-order valence-electron chi connectivity index (χ4n) is 3.83. The van der Waals surface area contributed by atoms with Crippen LogP contribution in [0, 0.1) is 5.92 Å². The second-order valence-electron chi connectivity index (χ2n) is 7.74. The van der Waals surface area contributed by atoms with Crippen molar-refractivity contribution in [2.75, 3.05) is 18.1 Å². The lowest BCUT2D eigenvalue weighted by molar-refractivity contribution is 0.153. The lowest BCUT2D eigenvalue weighted by Gasteiger charge is -2.49. The zero-order chi connectivity index (χ0) is 18.3. The van der Waals surface area contributed by atoms with Crippen molar-refractivity contribution in [2.24, 2.45) is 5.92 Å². The minimum atomic E-state index is 0.229. The van der Waals surface area contributed by atoms with Gasteiger partial charge in [0.2, 0.25) is 0 Å². The Morgan fingerprint density at radius 2 is 1.92 bits per heavy atom. The highest BCUT2D eigenvalue weighted by atomic mass is 35.5. The summed E-state index contributed by atoms with van der Waals surface area (Å²) in [4.78, 5) is 0. The molecule has 2 rings (SSSR count). The van der Waals surface area contributed by atoms with Gasteiger partial charge in [-0.1, -0.05) is 62.9 Å². The summed E-state index contributed by atoms with van der Waals surface area (Å²) in [5.41, 5.74) is 1.59. The van der Waals surface area contributed by atoms with E-state index in [-0.39, 0.29) is 5.41 Å². The maximum absolute atomic E-state index is 6.33. The molecule has 1 aliphatic carbocycles. The van der Waals surface area contributed by atoms with Crippen LogP contribution in [-0.2, 0) is 5.41 Å². The molecule has 1 saturated carbocycles. The van der Waals surface area contributed by atoms with E-state index in [0.717, 1.165) is 6.54 Å². The summed E-state index contributed by atoms with van der Waals surface area (Å²) in [5.74, 6) is 3.17. The molecule has 0 spiro atoms. The van der Waals surface area contributed by atoms with Gasteiger partial charge in [0.1, 0.15) is 0 Å². The predicted octanol–water partition coefficient (Wildman–Crippen LogP) is 6.95. The van der Waals surface area contributed by atoms with Gasteiger partial charge in [0.25, 0.3) is 0 Å². The van der Waals surface area contributed by atoms with Crippen LogP contribution >= 0.6 is 35.0 Å². The van der Waals surface area contributed by atoms with Crippen molar-refractivity contribution in [1.29, 1.82) is 0 Å². The first kappa shape index (κ1) is 21.4. The first-order valence-electron chi connectivity index (χ1n) is 9.76. The summed E-state index contributed by atoms with van der Waals surface area (Å²) in [6.07, 6.45) is 7.63. The van der Waals surface area contributed by atoms with Gasteiger partial charge in [-0.2, -0.15) is 11.8 Å². The van der Waals surface area contributed by atoms with Crippen molar-refractivity contribution in [3.8, 4) is 0 Å². The summed E-state index contributed by atoms with van der Waals surface area (Å²) in [7, 11) is 0. The lowest BCUT2D eigenvalue weighted by atomic mass is 9.59. The van der Waals surface area contributed by atoms with E-state index in [1.54, 1.807) is 0 Å². The van der Waals surface area contributed by atoms with Gasteiger partial charge in [-0.15, -0.1) is 0 Å². The van der Waals surface area contributed by atoms with Crippen LogP contribution in [0.3, 0.4) is 0 Å². The van der Waals surface area contributed by atoms with Crippen LogP contribution in [0.15, 0.2) is 18.2 Å². The number of thioether (sulfide) groups is 1. The van der Waals surface area contributed by atoms with Crippen LogP contribution in [0.2, 0.25) is 10.0 Å². The van der Waals surface area contributed by atoms with Crippen molar-refractivity contribution in [3.63, 3.8) is 0 Å². The molecule has 0 aromatic heterocycles. The maximum atomic E-state index is 6.33. The van der Waals surface area contributed by atoms with Gasteiger partial charge in [0.15, 0.2) is 0 Å². The Morgan fingerprint density at radius 3 is 2.48 bits per heavy atom. The summed E-state index contributed by atoms with van der Waals surface area (Å²) < 4.78 is 0. The van der Waals surface area contributed by atoms with Gasteiger partial charge < -0.3 is 5.32 Å². The maximum Gasteiger partial charge on any atom is 0.0595 e. The van der Waals surface area contributed by atoms with Crippen LogP contribution in [-0.4, -0.2) is 24.1 Å². The van der Waals surface area contributed by atoms with Crippen LogP contribution in [0.25, 0.3) is 0 Å². The van der Waals surface area contributed by atoms with Gasteiger partial charge >= 0.3 is 0 Å². The molecule has 1 aromatic rings. The third-order valence-electron chi connectivity index (χ3n) is 5.39. The molecular weight excluding hydrogens is 369 g/mol. The molecule has 142 valence electrons. The lowest BCUT2D eigenvalue weighted by Crippen LogP contribution is -2.53. The first-order valence-corrected chi connectivity index (χ1v) is 11.7. The molecule has 0 heterocycles. The number of nitrogens with one attached hydrogen (secondary N) is 1. The van der Waals surface area contributed by atoms with Crippen molar-refractivity contribution in [3.05, 3.63) is 33.8 Å². The van der Waals surface area contributed by atoms with Crippen LogP contribution in [0.4, 0.5) is 0 Å². The molecule has 0 saturated heterocycles. The Morgan fingerprint density at radius 1 is 1.16 bits per heavy atom. The summed E-state index contributed by atoms with van der Waals surface area (Å²) >= 11 is 14.6. The number of halogens is 2. The van der Waals surface area contributed by atoms with Gasteiger partial charge in [0, 0.05) is 23.8 Å². The zero-order valence-electron chi connectivity index (χ0n) is 15.9. The Bertz CT molecular complexity index is 529. The Balaban J connectivity index is 2.06. The van der Waals surface area contributed by atoms with Gasteiger partial charge in [-0.05, 0) is 55.1 Å². The number of unbranched alkanes of at least 4 members (excludes halogenated alkanes) is 1. The molecule has 0 aliphatic heterocycles. The van der Waals surface area contributed by atoms with Crippen LogP contribution in [0.5, 0.6) is 0 Å². The Hall–Kier alpha value is 0.110. The fraction of sp³-hybridized carbons (Fsp3) is 0.714. The minimum absolute atomic E-state index is 0.229. The van der Waals surface area contributed by atoms with Crippen LogP contribution < -0.4 is 5.32 Å². The molecule has 1 aromatic carbocycles. The second-order valence-corrected chi connectivity index (χ2v) is 9.78. The van der Waals surface area contributed by atoms with E-state index in [9.17, 15) is 0 Å². The summed E-state index contributed by atoms with van der Waals surface area (Å²) in [6.45, 7) is 8.00. The van der Waals surface area contributed by atoms with Gasteiger partial charge in [-0.25, -0.2) is 0 Å². The molecule has 0 amide bonds. The monoisotopic (exact) mass is 401 g/mol. The van der Waals surface area contributed by atoms with Crippen molar-refractivity contribution in [2.45, 2.75) is 70.8 Å². The van der Waals surface area contributed by atoms with Crippen molar-refractivity contribution >= 4 is 35.0 Å². The Kier molecular flexibility index (Phi) is 8.95. The minimum Gasteiger partial charge on any atom is -0.312 e. The predicted molar refractivity (Wildman–Crippen MR) is 115 cm³/mol. The third kappa shape index (κ3) is 5.79. The smallest absolute Gasteiger partial charge is 0.0595 e. The largest absolute Gasteiger partial charge is 0.312 e. The highest BCUT2D eigenvalue weighted by Crippen LogP contribution is 2.49. The van der Waals surface area contributed by atoms with E-state index < -0.39 is 0 Å². The second kappa shape index (κ2) is 10.4. The standard InChI is InChI=1S/C21H33Cl2NS/c1-4-5-12-25-13-11-24-20(14-16(2)3)21(9-6-10-21)17-7-8-18(22)19(23)15-17/h7-8,15-16,20,24H,4-6,9-14H2,1-3H3. The third-order valence-corrected chi connectivity index (χ3v) is 7.20. The van der Waals surface area contributed by atoms with E-state index in [1.165, 1.54) is 55.6 Å². The Labute approximate surface area is 168 Å². The first-order chi connectivity index (χ1) is 12.0. The zero-order valence-corrected chi connectivity index (χ0v) is 18.2. The number of rotatable bonds is 11. The molecule has 1 unspecified atom stereocenters. The molecule has 4 heteroatoms. The van der Waals surface area contributed by atoms with E-state index in [4.69, 9.17) is 23.2 Å². The molecule has 0 radical (unpaired) electrons. The SMILES string of the molecule is CCCCSCCNC(CC(C)C)C1(c2ccc(Cl)c(Cl)c2)CCC1. The quantitative estimate of drug-likeness (QED) is 0.402. The molecule has 1 nitrogen and oxygen atoms in total. The number of hydrogen-bond donors (Lipinski definition) is 1. The molecule has 0 bridgehead atoms. The van der Waals surface area contributed by atoms with Crippen molar-refractivity contribution < 1.29 is 0 Å². The molecular formula is C21H33Cl2NS. The summed E-state index contributed by atoms with van der Waals surface area (Å²) in [6, 6.07) is 6.78. The van der Waals surface area contributed by atoms with Crippen molar-refractivity contribution in [1.82, 2.24) is 5.32 Å². The topological polar surface area (TPSA) is 12.0 Å². The molecule has 25 heavy (non-hydrogen) atoms. The highest BCUT2D eigenvalue weighted by Gasteiger charge is 2.45. The molecule has 1 fully saturated rings. The normalized spacial score (nSPS) is 17.5. The van der Waals surface area contributed by atoms with E-state index in [0.29, 0.717) is 22.0 Å².